The van der Waals surface area contributed by atoms with Crippen LogP contribution >= 0.6 is 0 Å². The highest BCUT2D eigenvalue weighted by atomic mass is 19.1. The molecule has 1 aliphatic rings. The minimum Gasteiger partial charge on any atom is -0.415 e. The Kier molecular flexibility index (Phi) is 5.00. The van der Waals surface area contributed by atoms with Crippen molar-refractivity contribution in [3.05, 3.63) is 105 Å². The van der Waals surface area contributed by atoms with Crippen molar-refractivity contribution in [1.29, 1.82) is 0 Å². The van der Waals surface area contributed by atoms with Crippen LogP contribution in [-0.4, -0.2) is 27.6 Å². The van der Waals surface area contributed by atoms with E-state index < -0.39 is 40.0 Å². The monoisotopic (exact) mass is 420 g/mol. The molecule has 0 radical (unpaired) electrons. The van der Waals surface area contributed by atoms with Crippen molar-refractivity contribution in [2.24, 2.45) is 0 Å². The SMILES string of the molecule is O=C(Oc1cc(F)ccc1[N+](=O)[O-])c1ccc2c(c1)C(=O)N(Cc1ccccc1)C2=O. The van der Waals surface area contributed by atoms with E-state index in [9.17, 15) is 28.9 Å². The Hall–Kier alpha value is -4.40. The van der Waals surface area contributed by atoms with Gasteiger partial charge in [0.15, 0.2) is 0 Å². The summed E-state index contributed by atoms with van der Waals surface area (Å²) >= 11 is 0. The lowest BCUT2D eigenvalue weighted by Gasteiger charge is -2.13. The summed E-state index contributed by atoms with van der Waals surface area (Å²) in [6.07, 6.45) is 0. The van der Waals surface area contributed by atoms with Gasteiger partial charge in [-0.05, 0) is 29.8 Å². The number of nitro benzene ring substituents is 1. The molecule has 8 nitrogen and oxygen atoms in total. The molecule has 1 aliphatic heterocycles. The number of amides is 2. The number of nitrogens with zero attached hydrogens (tertiary/aromatic N) is 2. The summed E-state index contributed by atoms with van der Waals surface area (Å²) in [5, 5.41) is 11.1. The van der Waals surface area contributed by atoms with E-state index in [0.29, 0.717) is 0 Å². The zero-order valence-electron chi connectivity index (χ0n) is 15.8. The molecule has 0 N–H and O–H groups in total. The van der Waals surface area contributed by atoms with Gasteiger partial charge in [0.1, 0.15) is 5.82 Å². The molecular weight excluding hydrogens is 407 g/mol. The molecule has 1 heterocycles. The van der Waals surface area contributed by atoms with E-state index in [1.165, 1.54) is 18.2 Å². The number of carbonyl (C=O) groups excluding carboxylic acids is 3. The first-order chi connectivity index (χ1) is 14.8. The Labute approximate surface area is 174 Å². The molecule has 0 saturated carbocycles. The first-order valence-electron chi connectivity index (χ1n) is 9.05. The third kappa shape index (κ3) is 3.76. The van der Waals surface area contributed by atoms with Gasteiger partial charge in [-0.3, -0.25) is 24.6 Å². The average molecular weight is 420 g/mol. The van der Waals surface area contributed by atoms with Gasteiger partial charge in [0.2, 0.25) is 5.75 Å². The third-order valence-electron chi connectivity index (χ3n) is 4.71. The maximum absolute atomic E-state index is 13.5. The lowest BCUT2D eigenvalue weighted by atomic mass is 10.1. The van der Waals surface area contributed by atoms with E-state index in [1.54, 1.807) is 24.3 Å². The lowest BCUT2D eigenvalue weighted by Crippen LogP contribution is -2.29. The molecule has 0 fully saturated rings. The highest BCUT2D eigenvalue weighted by Gasteiger charge is 2.36. The zero-order valence-corrected chi connectivity index (χ0v) is 15.8. The van der Waals surface area contributed by atoms with Crippen molar-refractivity contribution in [2.75, 3.05) is 0 Å². The molecule has 0 saturated heterocycles. The summed E-state index contributed by atoms with van der Waals surface area (Å²) < 4.78 is 18.4. The number of benzene rings is 3. The van der Waals surface area contributed by atoms with Crippen molar-refractivity contribution in [1.82, 2.24) is 4.90 Å². The van der Waals surface area contributed by atoms with Crippen molar-refractivity contribution in [3.63, 3.8) is 0 Å². The Morgan fingerprint density at radius 2 is 1.68 bits per heavy atom. The molecule has 0 spiro atoms. The molecule has 2 amide bonds. The second-order valence-corrected chi connectivity index (χ2v) is 6.70. The van der Waals surface area contributed by atoms with Gasteiger partial charge >= 0.3 is 11.7 Å². The molecule has 31 heavy (non-hydrogen) atoms. The molecule has 9 heteroatoms. The number of esters is 1. The van der Waals surface area contributed by atoms with Crippen LogP contribution in [0.25, 0.3) is 0 Å². The van der Waals surface area contributed by atoms with E-state index in [1.807, 2.05) is 6.07 Å². The van der Waals surface area contributed by atoms with Crippen LogP contribution in [0.2, 0.25) is 0 Å². The molecule has 3 aromatic carbocycles. The third-order valence-corrected chi connectivity index (χ3v) is 4.71. The van der Waals surface area contributed by atoms with Crippen LogP contribution in [0.1, 0.15) is 36.6 Å². The number of hydrogen-bond donors (Lipinski definition) is 0. The molecule has 0 aromatic heterocycles. The van der Waals surface area contributed by atoms with Gasteiger partial charge in [-0.1, -0.05) is 30.3 Å². The Bertz CT molecular complexity index is 1240. The predicted molar refractivity (Wildman–Crippen MR) is 105 cm³/mol. The average Bonchev–Trinajstić information content (AvgIpc) is 2.98. The zero-order chi connectivity index (χ0) is 22.1. The summed E-state index contributed by atoms with van der Waals surface area (Å²) in [6.45, 7) is 0.0719. The summed E-state index contributed by atoms with van der Waals surface area (Å²) in [5.74, 6) is -3.48. The van der Waals surface area contributed by atoms with Crippen LogP contribution in [0, 0.1) is 15.9 Å². The first kappa shape index (κ1) is 19.9. The van der Waals surface area contributed by atoms with E-state index in [4.69, 9.17) is 4.74 Å². The van der Waals surface area contributed by atoms with E-state index in [-0.39, 0.29) is 23.2 Å². The molecule has 3 aromatic rings. The van der Waals surface area contributed by atoms with Crippen molar-refractivity contribution < 1.29 is 28.4 Å². The Balaban J connectivity index is 1.60. The van der Waals surface area contributed by atoms with E-state index in [0.717, 1.165) is 28.7 Å². The summed E-state index contributed by atoms with van der Waals surface area (Å²) in [6, 6.07) is 15.2. The van der Waals surface area contributed by atoms with Gasteiger partial charge in [-0.25, -0.2) is 9.18 Å². The molecular formula is C22H13FN2O6. The smallest absolute Gasteiger partial charge is 0.343 e. The van der Waals surface area contributed by atoms with Crippen molar-refractivity contribution in [2.45, 2.75) is 6.54 Å². The molecule has 0 aliphatic carbocycles. The topological polar surface area (TPSA) is 107 Å². The maximum atomic E-state index is 13.5. The largest absolute Gasteiger partial charge is 0.415 e. The number of ether oxygens (including phenoxy) is 1. The van der Waals surface area contributed by atoms with Gasteiger partial charge in [0.25, 0.3) is 11.8 Å². The highest BCUT2D eigenvalue weighted by Crippen LogP contribution is 2.30. The van der Waals surface area contributed by atoms with Crippen molar-refractivity contribution in [3.8, 4) is 5.75 Å². The maximum Gasteiger partial charge on any atom is 0.343 e. The second kappa shape index (κ2) is 7.79. The van der Waals surface area contributed by atoms with Gasteiger partial charge in [-0.2, -0.15) is 0 Å². The quantitative estimate of drug-likeness (QED) is 0.205. The fourth-order valence-corrected chi connectivity index (χ4v) is 3.21. The first-order valence-corrected chi connectivity index (χ1v) is 9.05. The molecule has 0 unspecified atom stereocenters. The van der Waals surface area contributed by atoms with Crippen molar-refractivity contribution >= 4 is 23.5 Å². The number of imide groups is 1. The Morgan fingerprint density at radius 3 is 2.39 bits per heavy atom. The summed E-state index contributed by atoms with van der Waals surface area (Å²) in [5.41, 5.74) is 0.213. The van der Waals surface area contributed by atoms with Gasteiger partial charge in [-0.15, -0.1) is 0 Å². The summed E-state index contributed by atoms with van der Waals surface area (Å²) in [4.78, 5) is 49.2. The van der Waals surface area contributed by atoms with Gasteiger partial charge < -0.3 is 4.74 Å². The normalized spacial score (nSPS) is 12.6. The Morgan fingerprint density at radius 1 is 0.968 bits per heavy atom. The number of rotatable bonds is 5. The number of halogens is 1. The fraction of sp³-hybridized carbons (Fsp3) is 0.0455. The number of hydrogen-bond acceptors (Lipinski definition) is 6. The second-order valence-electron chi connectivity index (χ2n) is 6.70. The van der Waals surface area contributed by atoms with Crippen LogP contribution < -0.4 is 4.74 Å². The van der Waals surface area contributed by atoms with Gasteiger partial charge in [0.05, 0.1) is 28.2 Å². The lowest BCUT2D eigenvalue weighted by molar-refractivity contribution is -0.385. The van der Waals surface area contributed by atoms with E-state index in [2.05, 4.69) is 0 Å². The number of fused-ring (bicyclic) bond motifs is 1. The minimum absolute atomic E-state index is 0.0177. The fourth-order valence-electron chi connectivity index (χ4n) is 3.21. The summed E-state index contributed by atoms with van der Waals surface area (Å²) in [7, 11) is 0. The van der Waals surface area contributed by atoms with Crippen LogP contribution in [0.4, 0.5) is 10.1 Å². The molecule has 4 rings (SSSR count). The van der Waals surface area contributed by atoms with E-state index >= 15 is 0 Å². The van der Waals surface area contributed by atoms with Crippen LogP contribution in [0.5, 0.6) is 5.75 Å². The predicted octanol–water partition coefficient (Wildman–Crippen LogP) is 3.75. The minimum atomic E-state index is -1.03. The van der Waals surface area contributed by atoms with Crippen LogP contribution in [-0.2, 0) is 6.54 Å². The van der Waals surface area contributed by atoms with Crippen LogP contribution in [0.3, 0.4) is 0 Å². The number of carbonyl (C=O) groups is 3. The van der Waals surface area contributed by atoms with Crippen LogP contribution in [0.15, 0.2) is 66.7 Å². The number of nitro groups is 1. The van der Waals surface area contributed by atoms with Gasteiger partial charge in [0, 0.05) is 12.1 Å². The molecule has 0 bridgehead atoms. The standard InChI is InChI=1S/C22H13FN2O6/c23-15-7-9-18(25(29)30)19(11-15)31-22(28)14-6-8-16-17(10-14)21(27)24(20(16)26)12-13-4-2-1-3-5-13/h1-11H,12H2. The molecule has 0 atom stereocenters. The highest BCUT2D eigenvalue weighted by molar-refractivity contribution is 6.21. The molecule has 154 valence electrons.